The van der Waals surface area contributed by atoms with E-state index in [1.54, 1.807) is 0 Å². The van der Waals surface area contributed by atoms with Gasteiger partial charge in [0, 0.05) is 34.1 Å². The normalized spacial score (nSPS) is 19.1. The highest BCUT2D eigenvalue weighted by molar-refractivity contribution is 7.81. The summed E-state index contributed by atoms with van der Waals surface area (Å²) in [5.41, 5.74) is 7.29. The van der Waals surface area contributed by atoms with Crippen LogP contribution in [0.1, 0.15) is 69.1 Å². The third-order valence-corrected chi connectivity index (χ3v) is 7.98. The van der Waals surface area contributed by atoms with E-state index in [-0.39, 0.29) is 6.04 Å². The summed E-state index contributed by atoms with van der Waals surface area (Å²) in [7, 11) is 0. The SMILES string of the molecule is CCCc1ccc(C(=S)C(CCC)Nc2ccc3occ(C4=CCN5CCCC5C4)c3c2)cc1. The van der Waals surface area contributed by atoms with Crippen LogP contribution >= 0.6 is 12.2 Å². The van der Waals surface area contributed by atoms with Crippen LogP contribution in [-0.4, -0.2) is 34.9 Å². The molecule has 4 heteroatoms. The molecule has 0 aliphatic carbocycles. The average Bonchev–Trinajstić information content (AvgIpc) is 3.50. The van der Waals surface area contributed by atoms with Crippen molar-refractivity contribution in [3.63, 3.8) is 0 Å². The van der Waals surface area contributed by atoms with Gasteiger partial charge in [-0.15, -0.1) is 0 Å². The Morgan fingerprint density at radius 1 is 1.15 bits per heavy atom. The molecule has 0 bridgehead atoms. The fraction of sp³-hybridized carbons (Fsp3) is 0.433. The van der Waals surface area contributed by atoms with Crippen molar-refractivity contribution >= 4 is 39.3 Å². The number of fused-ring (bicyclic) bond motifs is 2. The zero-order chi connectivity index (χ0) is 23.5. The first-order chi connectivity index (χ1) is 16.7. The average molecular weight is 473 g/mol. The third-order valence-electron chi connectivity index (χ3n) is 7.46. The molecule has 1 fully saturated rings. The van der Waals surface area contributed by atoms with Crippen molar-refractivity contribution in [2.24, 2.45) is 0 Å². The second-order valence-electron chi connectivity index (χ2n) is 9.88. The Hall–Kier alpha value is -2.43. The maximum atomic E-state index is 5.97. The minimum Gasteiger partial charge on any atom is -0.464 e. The third kappa shape index (κ3) is 4.85. The monoisotopic (exact) mass is 472 g/mol. The van der Waals surface area contributed by atoms with Crippen molar-refractivity contribution in [1.82, 2.24) is 4.90 Å². The van der Waals surface area contributed by atoms with Crippen molar-refractivity contribution in [3.8, 4) is 0 Å². The lowest BCUT2D eigenvalue weighted by atomic mass is 9.93. The van der Waals surface area contributed by atoms with E-state index in [1.807, 2.05) is 6.26 Å². The van der Waals surface area contributed by atoms with E-state index in [0.717, 1.165) is 60.3 Å². The topological polar surface area (TPSA) is 28.4 Å². The van der Waals surface area contributed by atoms with E-state index >= 15 is 0 Å². The summed E-state index contributed by atoms with van der Waals surface area (Å²) in [6, 6.07) is 16.1. The lowest BCUT2D eigenvalue weighted by Crippen LogP contribution is -2.32. The van der Waals surface area contributed by atoms with Crippen molar-refractivity contribution in [2.45, 2.75) is 70.9 Å². The number of thiocarbonyl (C=S) groups is 1. The van der Waals surface area contributed by atoms with Crippen LogP contribution in [0.5, 0.6) is 0 Å². The number of aryl methyl sites for hydroxylation is 1. The van der Waals surface area contributed by atoms with E-state index in [2.05, 4.69) is 72.6 Å². The van der Waals surface area contributed by atoms with Gasteiger partial charge in [0.2, 0.25) is 0 Å². The maximum absolute atomic E-state index is 5.97. The predicted molar refractivity (Wildman–Crippen MR) is 148 cm³/mol. The van der Waals surface area contributed by atoms with E-state index in [1.165, 1.54) is 41.5 Å². The molecule has 178 valence electrons. The summed E-state index contributed by atoms with van der Waals surface area (Å²) >= 11 is 5.97. The molecule has 0 saturated carbocycles. The highest BCUT2D eigenvalue weighted by Gasteiger charge is 2.29. The molecule has 5 rings (SSSR count). The molecule has 3 nitrogen and oxygen atoms in total. The van der Waals surface area contributed by atoms with E-state index in [9.17, 15) is 0 Å². The van der Waals surface area contributed by atoms with Gasteiger partial charge >= 0.3 is 0 Å². The van der Waals surface area contributed by atoms with Gasteiger partial charge in [-0.05, 0) is 73.5 Å². The van der Waals surface area contributed by atoms with Crippen LogP contribution in [0.4, 0.5) is 5.69 Å². The fourth-order valence-corrected chi connectivity index (χ4v) is 5.92. The van der Waals surface area contributed by atoms with Gasteiger partial charge in [-0.3, -0.25) is 4.90 Å². The molecular weight excluding hydrogens is 436 g/mol. The zero-order valence-electron chi connectivity index (χ0n) is 20.5. The van der Waals surface area contributed by atoms with Crippen LogP contribution in [0.15, 0.2) is 59.2 Å². The van der Waals surface area contributed by atoms with Gasteiger partial charge in [-0.2, -0.15) is 0 Å². The van der Waals surface area contributed by atoms with Gasteiger partial charge in [-0.25, -0.2) is 0 Å². The highest BCUT2D eigenvalue weighted by atomic mass is 32.1. The van der Waals surface area contributed by atoms with E-state index in [4.69, 9.17) is 16.6 Å². The van der Waals surface area contributed by atoms with Crippen LogP contribution in [0, 0.1) is 0 Å². The Balaban J connectivity index is 1.37. The zero-order valence-corrected chi connectivity index (χ0v) is 21.3. The summed E-state index contributed by atoms with van der Waals surface area (Å²) in [6.07, 6.45) is 12.5. The van der Waals surface area contributed by atoms with Crippen LogP contribution in [-0.2, 0) is 6.42 Å². The number of furan rings is 1. The Morgan fingerprint density at radius 3 is 2.79 bits per heavy atom. The molecule has 2 aromatic carbocycles. The minimum atomic E-state index is 0.130. The summed E-state index contributed by atoms with van der Waals surface area (Å²) in [5.74, 6) is 0. The maximum Gasteiger partial charge on any atom is 0.134 e. The van der Waals surface area contributed by atoms with Crippen LogP contribution in [0.3, 0.4) is 0 Å². The van der Waals surface area contributed by atoms with Gasteiger partial charge in [0.1, 0.15) is 5.58 Å². The number of nitrogens with one attached hydrogen (secondary N) is 1. The summed E-state index contributed by atoms with van der Waals surface area (Å²) in [6.45, 7) is 6.75. The summed E-state index contributed by atoms with van der Waals surface area (Å²) < 4.78 is 5.96. The molecule has 1 saturated heterocycles. The largest absolute Gasteiger partial charge is 0.464 e. The molecule has 2 aliphatic heterocycles. The molecule has 3 heterocycles. The van der Waals surface area contributed by atoms with Crippen molar-refractivity contribution in [2.75, 3.05) is 18.4 Å². The highest BCUT2D eigenvalue weighted by Crippen LogP contribution is 2.37. The molecule has 2 atom stereocenters. The molecule has 1 N–H and O–H groups in total. The number of hydrogen-bond donors (Lipinski definition) is 1. The first kappa shape index (κ1) is 23.3. The number of rotatable bonds is 9. The molecule has 0 amide bonds. The lowest BCUT2D eigenvalue weighted by Gasteiger charge is -2.29. The smallest absolute Gasteiger partial charge is 0.134 e. The number of anilines is 1. The molecular formula is C30H36N2OS. The number of benzene rings is 2. The van der Waals surface area contributed by atoms with Crippen molar-refractivity contribution in [3.05, 3.63) is 71.5 Å². The van der Waals surface area contributed by atoms with Crippen LogP contribution in [0.2, 0.25) is 0 Å². The molecule has 3 aromatic rings. The Morgan fingerprint density at radius 2 is 2.00 bits per heavy atom. The van der Waals surface area contributed by atoms with E-state index < -0.39 is 0 Å². The molecule has 0 radical (unpaired) electrons. The summed E-state index contributed by atoms with van der Waals surface area (Å²) in [4.78, 5) is 3.61. The van der Waals surface area contributed by atoms with Gasteiger partial charge < -0.3 is 9.73 Å². The van der Waals surface area contributed by atoms with Gasteiger partial charge in [0.15, 0.2) is 0 Å². The number of nitrogens with zero attached hydrogens (tertiary/aromatic N) is 1. The van der Waals surface area contributed by atoms with E-state index in [0.29, 0.717) is 6.04 Å². The fourth-order valence-electron chi connectivity index (χ4n) is 5.60. The van der Waals surface area contributed by atoms with Crippen molar-refractivity contribution < 1.29 is 4.42 Å². The Labute approximate surface area is 209 Å². The van der Waals surface area contributed by atoms with Gasteiger partial charge in [0.05, 0.1) is 12.3 Å². The standard InChI is InChI=1S/C30H36N2OS/c1-3-6-21-9-11-22(12-10-21)30(34)28(7-4-2)31-24-13-14-29-26(19-24)27(20-33-29)23-15-17-32-16-5-8-25(32)18-23/h9-15,19-20,25,28,31H,3-8,16-18H2,1-2H3. The van der Waals surface area contributed by atoms with Crippen molar-refractivity contribution in [1.29, 1.82) is 0 Å². The molecule has 2 aliphatic rings. The second-order valence-corrected chi connectivity index (χ2v) is 10.3. The molecule has 0 spiro atoms. The summed E-state index contributed by atoms with van der Waals surface area (Å²) in [5, 5.41) is 4.96. The molecule has 34 heavy (non-hydrogen) atoms. The lowest BCUT2D eigenvalue weighted by molar-refractivity contribution is 0.275. The quantitative estimate of drug-likeness (QED) is 0.256. The first-order valence-electron chi connectivity index (χ1n) is 13.0. The molecule has 1 aromatic heterocycles. The predicted octanol–water partition coefficient (Wildman–Crippen LogP) is 7.64. The molecule has 2 unspecified atom stereocenters. The Bertz CT molecular complexity index is 1180. The second kappa shape index (κ2) is 10.5. The Kier molecular flexibility index (Phi) is 7.17. The van der Waals surface area contributed by atoms with Gasteiger partial charge in [-0.1, -0.05) is 69.2 Å². The minimum absolute atomic E-state index is 0.130. The van der Waals surface area contributed by atoms with Gasteiger partial charge in [0.25, 0.3) is 0 Å². The van der Waals surface area contributed by atoms with Crippen LogP contribution < -0.4 is 5.32 Å². The number of hydrogen-bond acceptors (Lipinski definition) is 4. The van der Waals surface area contributed by atoms with Crippen LogP contribution in [0.25, 0.3) is 16.5 Å². The first-order valence-corrected chi connectivity index (χ1v) is 13.4.